The van der Waals surface area contributed by atoms with E-state index in [0.717, 1.165) is 60.4 Å². The third-order valence-corrected chi connectivity index (χ3v) is 7.73. The van der Waals surface area contributed by atoms with Crippen LogP contribution in [0.15, 0.2) is 52.6 Å². The van der Waals surface area contributed by atoms with E-state index in [1.165, 1.54) is 0 Å². The van der Waals surface area contributed by atoms with E-state index in [1.807, 2.05) is 24.3 Å². The fourth-order valence-corrected chi connectivity index (χ4v) is 5.79. The number of ether oxygens (including phenoxy) is 1. The number of hydrogen-bond donors (Lipinski definition) is 2. The highest BCUT2D eigenvalue weighted by Crippen LogP contribution is 2.35. The van der Waals surface area contributed by atoms with Gasteiger partial charge >= 0.3 is 5.97 Å². The van der Waals surface area contributed by atoms with Gasteiger partial charge in [-0.25, -0.2) is 4.98 Å². The van der Waals surface area contributed by atoms with Crippen molar-refractivity contribution >= 4 is 28.6 Å². The molecule has 0 bridgehead atoms. The molecule has 0 spiro atoms. The molecule has 0 saturated carbocycles. The number of piperidine rings is 1. The second kappa shape index (κ2) is 12.4. The summed E-state index contributed by atoms with van der Waals surface area (Å²) in [6.07, 6.45) is 7.69. The summed E-state index contributed by atoms with van der Waals surface area (Å²) in [5.74, 6) is 1.56. The molecule has 2 N–H and O–H groups in total. The van der Waals surface area contributed by atoms with Crippen molar-refractivity contribution < 1.29 is 24.2 Å². The van der Waals surface area contributed by atoms with Crippen molar-refractivity contribution in [3.05, 3.63) is 48.5 Å². The van der Waals surface area contributed by atoms with Crippen molar-refractivity contribution in [1.29, 1.82) is 0 Å². The van der Waals surface area contributed by atoms with Crippen LogP contribution in [0.2, 0.25) is 0 Å². The van der Waals surface area contributed by atoms with Crippen LogP contribution in [0.1, 0.15) is 43.8 Å². The highest BCUT2D eigenvalue weighted by Gasteiger charge is 2.30. The first-order valence-corrected chi connectivity index (χ1v) is 13.1. The van der Waals surface area contributed by atoms with Crippen molar-refractivity contribution in [2.45, 2.75) is 43.4 Å². The maximum atomic E-state index is 11.3. The van der Waals surface area contributed by atoms with E-state index >= 15 is 0 Å². The first-order chi connectivity index (χ1) is 17.0. The monoisotopic (exact) mass is 499 g/mol. The second-order valence-corrected chi connectivity index (χ2v) is 10.1. The molecule has 2 aromatic heterocycles. The molecular weight excluding hydrogens is 466 g/mol. The number of aromatic nitrogens is 2. The number of carbonyl (C=O) groups is 1. The predicted molar refractivity (Wildman–Crippen MR) is 135 cm³/mol. The zero-order valence-corrected chi connectivity index (χ0v) is 20.8. The standard InChI is InChI=1S/C26H33N3O5S/c1-33-20-4-5-23-22(16-20)21(8-10-27-23)24(30)6-2-18-9-12-29(17-19(18)3-7-25(31)32)13-15-35-26-28-11-14-34-26/h4-5,8,10-11,14,16,18-19,24,30H,2-3,6-7,9,12-13,15,17H2,1H3,(H,31,32)/t18-,19+,24?/m1/s1. The Hall–Kier alpha value is -2.62. The van der Waals surface area contributed by atoms with Crippen LogP contribution in [0.4, 0.5) is 0 Å². The number of pyridine rings is 1. The molecule has 1 saturated heterocycles. The molecule has 8 nitrogen and oxygen atoms in total. The lowest BCUT2D eigenvalue weighted by atomic mass is 9.79. The molecule has 1 unspecified atom stereocenters. The van der Waals surface area contributed by atoms with Gasteiger partial charge in [-0.3, -0.25) is 9.78 Å². The van der Waals surface area contributed by atoms with Crippen LogP contribution in [0.3, 0.4) is 0 Å². The first kappa shape index (κ1) is 25.5. The summed E-state index contributed by atoms with van der Waals surface area (Å²) in [5, 5.41) is 21.9. The zero-order chi connectivity index (χ0) is 24.6. The highest BCUT2D eigenvalue weighted by atomic mass is 32.2. The SMILES string of the molecule is COc1ccc2nccc(C(O)CC[C@@H]3CCN(CCSc4ncco4)C[C@@H]3CCC(=O)O)c2c1. The molecule has 0 amide bonds. The van der Waals surface area contributed by atoms with Gasteiger partial charge in [-0.05, 0) is 73.9 Å². The topological polar surface area (TPSA) is 109 Å². The van der Waals surface area contributed by atoms with Crippen LogP contribution >= 0.6 is 11.8 Å². The summed E-state index contributed by atoms with van der Waals surface area (Å²) in [4.78, 5) is 22.2. The number of thioether (sulfide) groups is 1. The smallest absolute Gasteiger partial charge is 0.303 e. The summed E-state index contributed by atoms with van der Waals surface area (Å²) in [6, 6.07) is 7.58. The molecule has 1 aliphatic rings. The van der Waals surface area contributed by atoms with Gasteiger partial charge in [-0.1, -0.05) is 11.8 Å². The van der Waals surface area contributed by atoms with Crippen LogP contribution in [0, 0.1) is 11.8 Å². The normalized spacial score (nSPS) is 19.6. The summed E-state index contributed by atoms with van der Waals surface area (Å²) in [5.41, 5.74) is 1.69. The number of fused-ring (bicyclic) bond motifs is 1. The van der Waals surface area contributed by atoms with E-state index in [-0.39, 0.29) is 6.42 Å². The van der Waals surface area contributed by atoms with E-state index in [9.17, 15) is 15.0 Å². The number of carboxylic acid groups (broad SMARTS) is 1. The molecule has 1 aliphatic heterocycles. The molecule has 1 aromatic carbocycles. The first-order valence-electron chi connectivity index (χ1n) is 12.1. The van der Waals surface area contributed by atoms with Crippen molar-refractivity contribution in [3.63, 3.8) is 0 Å². The molecule has 3 aromatic rings. The van der Waals surface area contributed by atoms with Crippen molar-refractivity contribution in [3.8, 4) is 5.75 Å². The highest BCUT2D eigenvalue weighted by molar-refractivity contribution is 7.99. The Labute approximate surface area is 209 Å². The third-order valence-electron chi connectivity index (χ3n) is 6.90. The number of aliphatic hydroxyl groups excluding tert-OH is 1. The third kappa shape index (κ3) is 6.96. The summed E-state index contributed by atoms with van der Waals surface area (Å²) < 4.78 is 10.6. The van der Waals surface area contributed by atoms with E-state index in [4.69, 9.17) is 9.15 Å². The lowest BCUT2D eigenvalue weighted by Crippen LogP contribution is -2.41. The van der Waals surface area contributed by atoms with E-state index in [1.54, 1.807) is 37.5 Å². The summed E-state index contributed by atoms with van der Waals surface area (Å²) in [6.45, 7) is 2.78. The van der Waals surface area contributed by atoms with E-state index in [2.05, 4.69) is 14.9 Å². The number of likely N-dealkylation sites (tertiary alicyclic amines) is 1. The maximum Gasteiger partial charge on any atom is 0.303 e. The Bertz CT molecular complexity index is 1090. The Morgan fingerprint density at radius 3 is 2.91 bits per heavy atom. The lowest BCUT2D eigenvalue weighted by Gasteiger charge is -2.39. The Morgan fingerprint density at radius 1 is 1.26 bits per heavy atom. The Morgan fingerprint density at radius 2 is 2.14 bits per heavy atom. The second-order valence-electron chi connectivity index (χ2n) is 9.06. The van der Waals surface area contributed by atoms with Crippen molar-refractivity contribution in [1.82, 2.24) is 14.9 Å². The minimum absolute atomic E-state index is 0.178. The molecule has 3 heterocycles. The number of aliphatic carboxylic acids is 1. The summed E-state index contributed by atoms with van der Waals surface area (Å²) >= 11 is 1.60. The number of benzene rings is 1. The Balaban J connectivity index is 1.36. The fraction of sp³-hybridized carbons (Fsp3) is 0.500. The number of aliphatic hydroxyl groups is 1. The molecule has 0 aliphatic carbocycles. The quantitative estimate of drug-likeness (QED) is 0.344. The number of rotatable bonds is 12. The van der Waals surface area contributed by atoms with Crippen molar-refractivity contribution in [2.75, 3.05) is 32.5 Å². The largest absolute Gasteiger partial charge is 0.497 e. The summed E-state index contributed by atoms with van der Waals surface area (Å²) in [7, 11) is 1.63. The van der Waals surface area contributed by atoms with Gasteiger partial charge in [0.05, 0.1) is 24.9 Å². The van der Waals surface area contributed by atoms with Crippen LogP contribution in [0.5, 0.6) is 5.75 Å². The van der Waals surface area contributed by atoms with Crippen LogP contribution < -0.4 is 4.74 Å². The molecule has 1 fully saturated rings. The fourth-order valence-electron chi connectivity index (χ4n) is 5.01. The molecule has 9 heteroatoms. The van der Waals surface area contributed by atoms with Gasteiger partial charge in [-0.15, -0.1) is 0 Å². The molecular formula is C26H33N3O5S. The maximum absolute atomic E-state index is 11.3. The number of methoxy groups -OCH3 is 1. The van der Waals surface area contributed by atoms with Gasteiger partial charge in [0.2, 0.25) is 0 Å². The average molecular weight is 500 g/mol. The predicted octanol–water partition coefficient (Wildman–Crippen LogP) is 4.64. The average Bonchev–Trinajstić information content (AvgIpc) is 3.39. The van der Waals surface area contributed by atoms with Gasteiger partial charge in [0.25, 0.3) is 5.22 Å². The van der Waals surface area contributed by atoms with Gasteiger partial charge in [0, 0.05) is 36.8 Å². The molecule has 4 rings (SSSR count). The molecule has 3 atom stereocenters. The van der Waals surface area contributed by atoms with Crippen LogP contribution in [-0.4, -0.2) is 63.5 Å². The van der Waals surface area contributed by atoms with Crippen LogP contribution in [-0.2, 0) is 4.79 Å². The van der Waals surface area contributed by atoms with Gasteiger partial charge in [-0.2, -0.15) is 0 Å². The number of hydrogen-bond acceptors (Lipinski definition) is 8. The minimum atomic E-state index is -0.752. The molecule has 0 radical (unpaired) electrons. The van der Waals surface area contributed by atoms with Gasteiger partial charge in [0.1, 0.15) is 12.0 Å². The van der Waals surface area contributed by atoms with E-state index < -0.39 is 12.1 Å². The van der Waals surface area contributed by atoms with Crippen molar-refractivity contribution in [2.24, 2.45) is 11.8 Å². The number of oxazole rings is 1. The Kier molecular flexibility index (Phi) is 9.01. The lowest BCUT2D eigenvalue weighted by molar-refractivity contribution is -0.137. The molecule has 188 valence electrons. The zero-order valence-electron chi connectivity index (χ0n) is 20.0. The number of carboxylic acids is 1. The minimum Gasteiger partial charge on any atom is -0.497 e. The van der Waals surface area contributed by atoms with Gasteiger partial charge < -0.3 is 24.3 Å². The molecule has 35 heavy (non-hydrogen) atoms. The van der Waals surface area contributed by atoms with Gasteiger partial charge in [0.15, 0.2) is 0 Å². The number of nitrogens with zero attached hydrogens (tertiary/aromatic N) is 3. The van der Waals surface area contributed by atoms with E-state index in [0.29, 0.717) is 29.9 Å². The van der Waals surface area contributed by atoms with Crippen LogP contribution in [0.25, 0.3) is 10.9 Å².